The zero-order chi connectivity index (χ0) is 15.6. The standard InChI is InChI=1S/C13H17BF3NO3/c1-21-11-4-5-12(14(19)20)9(6-11)7-18(10-2-3-10)8-13(15,16)17/h4-6,10,19-20H,2-3,7-8H2,1H3. The molecule has 0 aromatic heterocycles. The lowest BCUT2D eigenvalue weighted by Crippen LogP contribution is -2.39. The highest BCUT2D eigenvalue weighted by Gasteiger charge is 2.38. The van der Waals surface area contributed by atoms with Crippen molar-refractivity contribution in [2.24, 2.45) is 0 Å². The Labute approximate surface area is 121 Å². The maximum absolute atomic E-state index is 12.6. The zero-order valence-electron chi connectivity index (χ0n) is 11.6. The van der Waals surface area contributed by atoms with Gasteiger partial charge < -0.3 is 14.8 Å². The van der Waals surface area contributed by atoms with Gasteiger partial charge in [0.1, 0.15) is 5.75 Å². The third-order valence-electron chi connectivity index (χ3n) is 3.45. The number of nitrogens with zero attached hydrogens (tertiary/aromatic N) is 1. The van der Waals surface area contributed by atoms with E-state index in [0.29, 0.717) is 11.3 Å². The first-order chi connectivity index (χ1) is 9.80. The van der Waals surface area contributed by atoms with Crippen molar-refractivity contribution in [3.63, 3.8) is 0 Å². The van der Waals surface area contributed by atoms with Gasteiger partial charge in [-0.3, -0.25) is 4.90 Å². The molecule has 0 amide bonds. The molecular weight excluding hydrogens is 286 g/mol. The molecule has 1 aliphatic carbocycles. The molecule has 4 nitrogen and oxygen atoms in total. The molecule has 2 rings (SSSR count). The minimum atomic E-state index is -4.28. The number of halogens is 3. The number of benzene rings is 1. The maximum Gasteiger partial charge on any atom is 0.488 e. The molecule has 1 fully saturated rings. The molecule has 116 valence electrons. The van der Waals surface area contributed by atoms with E-state index in [4.69, 9.17) is 4.74 Å². The highest BCUT2D eigenvalue weighted by molar-refractivity contribution is 6.59. The summed E-state index contributed by atoms with van der Waals surface area (Å²) in [6.45, 7) is -0.996. The lowest BCUT2D eigenvalue weighted by molar-refractivity contribution is -0.148. The van der Waals surface area contributed by atoms with Crippen LogP contribution in [0.5, 0.6) is 5.75 Å². The van der Waals surface area contributed by atoms with Crippen LogP contribution in [0.15, 0.2) is 18.2 Å². The fraction of sp³-hybridized carbons (Fsp3) is 0.538. The Kier molecular flexibility index (Phi) is 4.80. The number of methoxy groups -OCH3 is 1. The van der Waals surface area contributed by atoms with Gasteiger partial charge in [0.2, 0.25) is 0 Å². The van der Waals surface area contributed by atoms with Crippen molar-refractivity contribution in [3.8, 4) is 5.75 Å². The Hall–Kier alpha value is -1.25. The Morgan fingerprint density at radius 1 is 1.33 bits per heavy atom. The Bertz CT molecular complexity index is 492. The predicted octanol–water partition coefficient (Wildman–Crippen LogP) is 0.902. The van der Waals surface area contributed by atoms with Crippen molar-refractivity contribution < 1.29 is 28.0 Å². The van der Waals surface area contributed by atoms with Gasteiger partial charge in [-0.05, 0) is 36.0 Å². The van der Waals surface area contributed by atoms with Crippen LogP contribution in [-0.2, 0) is 6.54 Å². The molecule has 1 aliphatic rings. The summed E-state index contributed by atoms with van der Waals surface area (Å²) in [5.41, 5.74) is 0.629. The van der Waals surface area contributed by atoms with Crippen molar-refractivity contribution in [2.45, 2.75) is 31.6 Å². The number of alkyl halides is 3. The minimum Gasteiger partial charge on any atom is -0.497 e. The zero-order valence-corrected chi connectivity index (χ0v) is 11.6. The van der Waals surface area contributed by atoms with E-state index < -0.39 is 19.8 Å². The van der Waals surface area contributed by atoms with Gasteiger partial charge in [-0.1, -0.05) is 6.07 Å². The molecule has 1 saturated carbocycles. The third-order valence-corrected chi connectivity index (χ3v) is 3.45. The summed E-state index contributed by atoms with van der Waals surface area (Å²) in [5.74, 6) is 0.470. The Morgan fingerprint density at radius 3 is 2.48 bits per heavy atom. The molecule has 0 bridgehead atoms. The van der Waals surface area contributed by atoms with E-state index in [2.05, 4.69) is 0 Å². The lowest BCUT2D eigenvalue weighted by atomic mass is 9.77. The van der Waals surface area contributed by atoms with E-state index in [0.717, 1.165) is 12.8 Å². The Balaban J connectivity index is 2.22. The van der Waals surface area contributed by atoms with Crippen LogP contribution in [0.25, 0.3) is 0 Å². The van der Waals surface area contributed by atoms with Crippen LogP contribution < -0.4 is 10.2 Å². The molecule has 0 saturated heterocycles. The van der Waals surface area contributed by atoms with Crippen molar-refractivity contribution in [2.75, 3.05) is 13.7 Å². The fourth-order valence-electron chi connectivity index (χ4n) is 2.30. The molecule has 0 heterocycles. The smallest absolute Gasteiger partial charge is 0.488 e. The minimum absolute atomic E-state index is 0.00826. The number of ether oxygens (including phenoxy) is 1. The summed E-state index contributed by atoms with van der Waals surface area (Å²) in [4.78, 5) is 1.32. The molecule has 0 unspecified atom stereocenters. The van der Waals surface area contributed by atoms with Gasteiger partial charge in [-0.2, -0.15) is 13.2 Å². The molecule has 2 N–H and O–H groups in total. The molecule has 0 aliphatic heterocycles. The first-order valence-corrected chi connectivity index (χ1v) is 6.64. The van der Waals surface area contributed by atoms with Gasteiger partial charge in [0.05, 0.1) is 13.7 Å². The van der Waals surface area contributed by atoms with Crippen molar-refractivity contribution in [3.05, 3.63) is 23.8 Å². The molecular formula is C13H17BF3NO3. The normalized spacial score (nSPS) is 15.4. The lowest BCUT2D eigenvalue weighted by Gasteiger charge is -2.24. The molecule has 1 aromatic carbocycles. The molecule has 8 heteroatoms. The molecule has 21 heavy (non-hydrogen) atoms. The van der Waals surface area contributed by atoms with E-state index in [1.54, 1.807) is 12.1 Å². The number of rotatable bonds is 6. The SMILES string of the molecule is COc1ccc(B(O)O)c(CN(CC(F)(F)F)C2CC2)c1. The van der Waals surface area contributed by atoms with Gasteiger partial charge in [0, 0.05) is 12.6 Å². The van der Waals surface area contributed by atoms with Crippen LogP contribution in [0, 0.1) is 0 Å². The van der Waals surface area contributed by atoms with E-state index >= 15 is 0 Å². The van der Waals surface area contributed by atoms with E-state index in [1.807, 2.05) is 0 Å². The summed E-state index contributed by atoms with van der Waals surface area (Å²) in [7, 11) is -0.277. The van der Waals surface area contributed by atoms with Gasteiger partial charge in [-0.15, -0.1) is 0 Å². The quantitative estimate of drug-likeness (QED) is 0.767. The van der Waals surface area contributed by atoms with Crippen LogP contribution in [0.2, 0.25) is 0 Å². The van der Waals surface area contributed by atoms with Crippen molar-refractivity contribution in [1.29, 1.82) is 0 Å². The van der Waals surface area contributed by atoms with E-state index in [1.165, 1.54) is 18.1 Å². The van der Waals surface area contributed by atoms with E-state index in [-0.39, 0.29) is 18.0 Å². The summed E-state index contributed by atoms with van der Waals surface area (Å²) in [6.07, 6.45) is -2.81. The fourth-order valence-corrected chi connectivity index (χ4v) is 2.30. The van der Waals surface area contributed by atoms with Gasteiger partial charge in [0.25, 0.3) is 0 Å². The third kappa shape index (κ3) is 4.62. The van der Waals surface area contributed by atoms with Crippen LogP contribution in [0.4, 0.5) is 13.2 Å². The largest absolute Gasteiger partial charge is 0.497 e. The second-order valence-electron chi connectivity index (χ2n) is 5.19. The van der Waals surface area contributed by atoms with Crippen LogP contribution >= 0.6 is 0 Å². The number of hydrogen-bond acceptors (Lipinski definition) is 4. The second-order valence-corrected chi connectivity index (χ2v) is 5.19. The average molecular weight is 303 g/mol. The van der Waals surface area contributed by atoms with Crippen LogP contribution in [0.1, 0.15) is 18.4 Å². The summed E-state index contributed by atoms with van der Waals surface area (Å²) in [6, 6.07) is 4.45. The molecule has 0 atom stereocenters. The van der Waals surface area contributed by atoms with Crippen LogP contribution in [-0.4, -0.2) is 47.9 Å². The summed E-state index contributed by atoms with van der Waals surface area (Å²) < 4.78 is 43.0. The van der Waals surface area contributed by atoms with Gasteiger partial charge in [-0.25, -0.2) is 0 Å². The predicted molar refractivity (Wildman–Crippen MR) is 72.3 cm³/mol. The van der Waals surface area contributed by atoms with Crippen LogP contribution in [0.3, 0.4) is 0 Å². The van der Waals surface area contributed by atoms with Crippen molar-refractivity contribution in [1.82, 2.24) is 4.90 Å². The van der Waals surface area contributed by atoms with E-state index in [9.17, 15) is 23.2 Å². The van der Waals surface area contributed by atoms with Gasteiger partial charge >= 0.3 is 13.3 Å². The van der Waals surface area contributed by atoms with Crippen molar-refractivity contribution >= 4 is 12.6 Å². The molecule has 0 radical (unpaired) electrons. The first kappa shape index (κ1) is 16.1. The second kappa shape index (κ2) is 6.25. The highest BCUT2D eigenvalue weighted by Crippen LogP contribution is 2.31. The molecule has 1 aromatic rings. The average Bonchev–Trinajstić information content (AvgIpc) is 3.20. The number of hydrogen-bond donors (Lipinski definition) is 2. The Morgan fingerprint density at radius 2 is 2.00 bits per heavy atom. The monoisotopic (exact) mass is 303 g/mol. The van der Waals surface area contributed by atoms with Gasteiger partial charge in [0.15, 0.2) is 0 Å². The maximum atomic E-state index is 12.6. The summed E-state index contributed by atoms with van der Waals surface area (Å²) >= 11 is 0. The first-order valence-electron chi connectivity index (χ1n) is 6.64. The summed E-state index contributed by atoms with van der Waals surface area (Å²) in [5, 5.41) is 18.7. The topological polar surface area (TPSA) is 52.9 Å². The highest BCUT2D eigenvalue weighted by atomic mass is 19.4. The molecule has 0 spiro atoms.